The molecule has 0 aromatic carbocycles. The molecule has 4 rings (SSSR count). The lowest BCUT2D eigenvalue weighted by Crippen LogP contribution is -2.17. The fraction of sp³-hybridized carbons (Fsp3) is 0.412. The van der Waals surface area contributed by atoms with Gasteiger partial charge in [0.25, 0.3) is 0 Å². The maximum Gasteiger partial charge on any atom is 0.167 e. The van der Waals surface area contributed by atoms with E-state index in [2.05, 4.69) is 21.1 Å². The van der Waals surface area contributed by atoms with Gasteiger partial charge in [-0.3, -0.25) is 4.68 Å². The molecule has 1 atom stereocenters. The van der Waals surface area contributed by atoms with Crippen LogP contribution in [0.4, 0.5) is 0 Å². The topological polar surface area (TPSA) is 83.2 Å². The van der Waals surface area contributed by atoms with Crippen LogP contribution in [0.3, 0.4) is 0 Å². The molecule has 1 aliphatic rings. The number of rotatable bonds is 4. The molecule has 1 aliphatic carbocycles. The molecule has 3 aromatic rings. The third-order valence-electron chi connectivity index (χ3n) is 4.76. The molecule has 23 heavy (non-hydrogen) atoms. The predicted molar refractivity (Wildman–Crippen MR) is 86.3 cm³/mol. The van der Waals surface area contributed by atoms with E-state index in [0.717, 1.165) is 16.6 Å². The summed E-state index contributed by atoms with van der Waals surface area (Å²) in [6.45, 7) is 0. The number of hydrogen-bond donors (Lipinski definition) is 1. The molecule has 0 radical (unpaired) electrons. The summed E-state index contributed by atoms with van der Waals surface area (Å²) in [5.41, 5.74) is 2.26. The van der Waals surface area contributed by atoms with Gasteiger partial charge in [0.05, 0.1) is 30.4 Å². The van der Waals surface area contributed by atoms with Crippen molar-refractivity contribution < 1.29 is 1.41 Å². The fourth-order valence-electron chi connectivity index (χ4n) is 3.61. The van der Waals surface area contributed by atoms with E-state index in [9.17, 15) is 5.26 Å². The number of fused-ring (bicyclic) bond motifs is 1. The van der Waals surface area contributed by atoms with Crippen molar-refractivity contribution in [2.24, 2.45) is 5.92 Å². The Balaban J connectivity index is 1.72. The lowest BCUT2D eigenvalue weighted by molar-refractivity contribution is 0.315. The van der Waals surface area contributed by atoms with Crippen molar-refractivity contribution in [3.05, 3.63) is 31.0 Å². The van der Waals surface area contributed by atoms with Crippen molar-refractivity contribution in [3.8, 4) is 17.3 Å². The zero-order valence-corrected chi connectivity index (χ0v) is 12.8. The first-order valence-corrected chi connectivity index (χ1v) is 8.00. The van der Waals surface area contributed by atoms with E-state index in [0.29, 0.717) is 18.0 Å². The summed E-state index contributed by atoms with van der Waals surface area (Å²) in [5.74, 6) is 0.525. The Morgan fingerprint density at radius 3 is 3.13 bits per heavy atom. The summed E-state index contributed by atoms with van der Waals surface area (Å²) < 4.78 is 9.74. The van der Waals surface area contributed by atoms with Crippen molar-refractivity contribution >= 4 is 11.0 Å². The van der Waals surface area contributed by atoms with Crippen molar-refractivity contribution in [3.63, 3.8) is 0 Å². The molecule has 3 aromatic heterocycles. The molecule has 3 heterocycles. The molecule has 6 nitrogen and oxygen atoms in total. The normalized spacial score (nSPS) is 17.3. The number of nitriles is 1. The van der Waals surface area contributed by atoms with Gasteiger partial charge in [0.15, 0.2) is 1.41 Å². The van der Waals surface area contributed by atoms with Crippen LogP contribution in [0.5, 0.6) is 0 Å². The van der Waals surface area contributed by atoms with Gasteiger partial charge in [0.1, 0.15) is 12.0 Å². The second-order valence-corrected chi connectivity index (χ2v) is 6.09. The molecule has 1 fully saturated rings. The van der Waals surface area contributed by atoms with Gasteiger partial charge in [-0.2, -0.15) is 10.4 Å². The van der Waals surface area contributed by atoms with E-state index in [-0.39, 0.29) is 6.04 Å². The molecule has 0 aliphatic heterocycles. The lowest BCUT2D eigenvalue weighted by atomic mass is 9.96. The van der Waals surface area contributed by atoms with E-state index in [1.807, 2.05) is 16.9 Å². The maximum atomic E-state index is 9.19. The van der Waals surface area contributed by atoms with Crippen molar-refractivity contribution in [2.45, 2.75) is 38.1 Å². The number of hydrogen-bond acceptors (Lipinski definition) is 4. The molecule has 0 bridgehead atoms. The van der Waals surface area contributed by atoms with Gasteiger partial charge < -0.3 is 4.98 Å². The van der Waals surface area contributed by atoms with Gasteiger partial charge in [-0.15, -0.1) is 0 Å². The number of aromatic amines is 1. The second kappa shape index (κ2) is 5.84. The highest BCUT2D eigenvalue weighted by atomic mass is 15.3. The van der Waals surface area contributed by atoms with Crippen LogP contribution in [0.15, 0.2) is 31.0 Å². The smallest absolute Gasteiger partial charge is 0.167 e. The van der Waals surface area contributed by atoms with E-state index in [1.54, 1.807) is 12.4 Å². The van der Waals surface area contributed by atoms with Gasteiger partial charge in [-0.05, 0) is 24.8 Å². The Morgan fingerprint density at radius 1 is 1.43 bits per heavy atom. The number of nitrogens with zero attached hydrogens (tertiary/aromatic N) is 5. The lowest BCUT2D eigenvalue weighted by Gasteiger charge is -2.21. The van der Waals surface area contributed by atoms with Crippen LogP contribution < -0.4 is 0 Å². The van der Waals surface area contributed by atoms with E-state index in [1.165, 1.54) is 37.0 Å². The highest BCUT2D eigenvalue weighted by molar-refractivity contribution is 5.89. The highest BCUT2D eigenvalue weighted by Crippen LogP contribution is 2.36. The predicted octanol–water partition coefficient (Wildman–Crippen LogP) is 3.47. The second-order valence-electron chi connectivity index (χ2n) is 6.09. The molecule has 116 valence electrons. The maximum absolute atomic E-state index is 9.19. The summed E-state index contributed by atoms with van der Waals surface area (Å²) in [6.07, 6.45) is 12.2. The van der Waals surface area contributed by atoms with Crippen LogP contribution in [0, 0.1) is 17.2 Å². The van der Waals surface area contributed by atoms with Crippen molar-refractivity contribution in [2.75, 3.05) is 0 Å². The number of nitrogens with one attached hydrogen (secondary N) is 1. The summed E-state index contributed by atoms with van der Waals surface area (Å²) in [7, 11) is 0. The van der Waals surface area contributed by atoms with Crippen LogP contribution in [-0.2, 0) is 0 Å². The third kappa shape index (κ3) is 2.48. The Labute approximate surface area is 135 Å². The summed E-state index contributed by atoms with van der Waals surface area (Å²) >= 11 is 0. The number of H-pyrrole nitrogens is 1. The number of aromatic nitrogens is 5. The Hall–Kier alpha value is -2.68. The first kappa shape index (κ1) is 12.8. The Bertz CT molecular complexity index is 899. The first-order chi connectivity index (χ1) is 11.8. The Morgan fingerprint density at radius 2 is 2.30 bits per heavy atom. The molecule has 0 unspecified atom stereocenters. The zero-order valence-electron chi connectivity index (χ0n) is 13.8. The average molecular weight is 307 g/mol. The van der Waals surface area contributed by atoms with E-state index >= 15 is 0 Å². The monoisotopic (exact) mass is 307 g/mol. The molecule has 0 spiro atoms. The summed E-state index contributed by atoms with van der Waals surface area (Å²) in [6, 6.07) is 4.29. The van der Waals surface area contributed by atoms with Gasteiger partial charge in [0.2, 0.25) is 0 Å². The highest BCUT2D eigenvalue weighted by Gasteiger charge is 2.27. The SMILES string of the molecule is [2H]n1ccc2c(-c3cnn([C@H](CC#N)C4CCCC4)c3)ncnc21. The average Bonchev–Trinajstić information content (AvgIpc) is 3.34. The minimum atomic E-state index is 0.129. The molecular weight excluding hydrogens is 288 g/mol. The molecule has 0 amide bonds. The summed E-state index contributed by atoms with van der Waals surface area (Å²) in [4.78, 5) is 9.77. The molecule has 1 saturated carbocycles. The van der Waals surface area contributed by atoms with Crippen LogP contribution in [0.1, 0.15) is 38.1 Å². The molecule has 0 saturated heterocycles. The van der Waals surface area contributed by atoms with Gasteiger partial charge in [0, 0.05) is 23.3 Å². The molecule has 1 N–H and O–H groups in total. The molecule has 6 heteroatoms. The van der Waals surface area contributed by atoms with Crippen molar-refractivity contribution in [1.82, 2.24) is 24.7 Å². The standard InChI is InChI=1S/C17H18N6/c18-7-5-15(12-3-1-2-4-12)23-10-13(9-22-23)16-14-6-8-19-17(14)21-11-20-16/h6,8-12,15H,1-5H2,(H,19,20,21)/t15-/m1/s1/i/hD. The van der Waals surface area contributed by atoms with Crippen LogP contribution in [0.25, 0.3) is 22.3 Å². The molecular formula is C17H18N6. The van der Waals surface area contributed by atoms with Gasteiger partial charge >= 0.3 is 0 Å². The quantitative estimate of drug-likeness (QED) is 0.800. The zero-order chi connectivity index (χ0) is 16.5. The van der Waals surface area contributed by atoms with Crippen molar-refractivity contribution in [1.29, 1.82) is 5.26 Å². The largest absolute Gasteiger partial charge is 0.346 e. The summed E-state index contributed by atoms with van der Waals surface area (Å²) in [5, 5.41) is 14.5. The van der Waals surface area contributed by atoms with Gasteiger partial charge in [-0.25, -0.2) is 9.97 Å². The minimum Gasteiger partial charge on any atom is -0.346 e. The van der Waals surface area contributed by atoms with Crippen LogP contribution in [0.2, 0.25) is 1.41 Å². The minimum absolute atomic E-state index is 0.129. The Kier molecular flexibility index (Phi) is 3.26. The van der Waals surface area contributed by atoms with E-state index in [4.69, 9.17) is 1.41 Å². The van der Waals surface area contributed by atoms with Crippen LogP contribution >= 0.6 is 0 Å². The first-order valence-electron chi connectivity index (χ1n) is 8.45. The van der Waals surface area contributed by atoms with Crippen LogP contribution in [-0.4, -0.2) is 24.7 Å². The van der Waals surface area contributed by atoms with Gasteiger partial charge in [-0.1, -0.05) is 12.8 Å². The third-order valence-corrected chi connectivity index (χ3v) is 4.76. The van der Waals surface area contributed by atoms with E-state index < -0.39 is 0 Å². The fourth-order valence-corrected chi connectivity index (χ4v) is 3.61.